The molecule has 9 heteroatoms. The number of ether oxygens (including phenoxy) is 1. The van der Waals surface area contributed by atoms with Crippen LogP contribution < -0.4 is 5.73 Å². The molecule has 0 amide bonds. The van der Waals surface area contributed by atoms with Crippen LogP contribution >= 0.6 is 11.6 Å². The first-order valence-electron chi connectivity index (χ1n) is 7.42. The van der Waals surface area contributed by atoms with Crippen LogP contribution in [0.3, 0.4) is 0 Å². The van der Waals surface area contributed by atoms with Crippen molar-refractivity contribution < 1.29 is 20.1 Å². The molecule has 1 saturated heterocycles. The molecule has 3 rings (SSSR count). The molecule has 1 aliphatic rings. The second-order valence-corrected chi connectivity index (χ2v) is 5.93. The molecule has 0 saturated carbocycles. The smallest absolute Gasteiger partial charge is 0.223 e. The summed E-state index contributed by atoms with van der Waals surface area (Å²) in [6, 6.07) is 0. The van der Waals surface area contributed by atoms with Gasteiger partial charge in [-0.25, -0.2) is 4.98 Å². The molecule has 1 fully saturated rings. The van der Waals surface area contributed by atoms with Gasteiger partial charge in [0.25, 0.3) is 0 Å². The fourth-order valence-electron chi connectivity index (χ4n) is 2.92. The van der Waals surface area contributed by atoms with Crippen molar-refractivity contribution in [1.29, 1.82) is 0 Å². The lowest BCUT2D eigenvalue weighted by molar-refractivity contribution is -0.0430. The van der Waals surface area contributed by atoms with E-state index in [9.17, 15) is 10.2 Å². The lowest BCUT2D eigenvalue weighted by atomic mass is 10.1. The fourth-order valence-corrected chi connectivity index (χ4v) is 3.22. The highest BCUT2D eigenvalue weighted by Gasteiger charge is 2.35. The average molecular weight is 343 g/mol. The van der Waals surface area contributed by atoms with Gasteiger partial charge in [-0.3, -0.25) is 0 Å². The highest BCUT2D eigenvalue weighted by molar-refractivity contribution is 6.34. The van der Waals surface area contributed by atoms with E-state index in [1.807, 2.05) is 6.20 Å². The highest BCUT2D eigenvalue weighted by atomic mass is 35.5. The quantitative estimate of drug-likeness (QED) is 0.573. The third-order valence-electron chi connectivity index (χ3n) is 4.02. The molecular formula is C14H19ClN4O4. The summed E-state index contributed by atoms with van der Waals surface area (Å²) in [7, 11) is 0. The van der Waals surface area contributed by atoms with Gasteiger partial charge in [-0.2, -0.15) is 4.98 Å². The van der Waals surface area contributed by atoms with E-state index in [2.05, 4.69) is 9.97 Å². The second-order valence-electron chi connectivity index (χ2n) is 5.57. The summed E-state index contributed by atoms with van der Waals surface area (Å²) in [4.78, 5) is 8.23. The number of nitrogen functional groups attached to an aromatic ring is 1. The van der Waals surface area contributed by atoms with Gasteiger partial charge in [0.2, 0.25) is 5.95 Å². The number of hydrogen-bond donors (Lipinski definition) is 4. The molecule has 2 aromatic rings. The maximum Gasteiger partial charge on any atom is 0.223 e. The van der Waals surface area contributed by atoms with Gasteiger partial charge in [0.15, 0.2) is 0 Å². The minimum absolute atomic E-state index is 0.0489. The second kappa shape index (κ2) is 6.58. The zero-order valence-electron chi connectivity index (χ0n) is 12.4. The van der Waals surface area contributed by atoms with Crippen LogP contribution in [0.4, 0.5) is 5.95 Å². The molecule has 2 aromatic heterocycles. The van der Waals surface area contributed by atoms with Crippen LogP contribution in [-0.2, 0) is 11.2 Å². The van der Waals surface area contributed by atoms with Gasteiger partial charge in [-0.1, -0.05) is 11.6 Å². The number of fused-ring (bicyclic) bond motifs is 1. The van der Waals surface area contributed by atoms with Crippen molar-refractivity contribution in [3.8, 4) is 0 Å². The van der Waals surface area contributed by atoms with Crippen molar-refractivity contribution in [3.63, 3.8) is 0 Å². The number of anilines is 1. The first-order valence-corrected chi connectivity index (χ1v) is 7.80. The predicted octanol–water partition coefficient (Wildman–Crippen LogP) is 0.232. The third kappa shape index (κ3) is 3.00. The average Bonchev–Trinajstić information content (AvgIpc) is 3.05. The number of nitrogens with two attached hydrogens (primary N) is 1. The van der Waals surface area contributed by atoms with E-state index < -0.39 is 18.4 Å². The Morgan fingerprint density at radius 3 is 2.83 bits per heavy atom. The highest BCUT2D eigenvalue weighted by Crippen LogP contribution is 2.35. The molecule has 0 bridgehead atoms. The Kier molecular flexibility index (Phi) is 4.69. The van der Waals surface area contributed by atoms with Crippen molar-refractivity contribution in [3.05, 3.63) is 16.9 Å². The Labute approximate surface area is 137 Å². The van der Waals surface area contributed by atoms with E-state index in [1.54, 1.807) is 4.57 Å². The number of nitrogens with zero attached hydrogens (tertiary/aromatic N) is 3. The zero-order valence-corrected chi connectivity index (χ0v) is 13.1. The molecule has 5 N–H and O–H groups in total. The maximum absolute atomic E-state index is 9.94. The standard InChI is InChI=1S/C14H19ClN4O4/c15-12-11-7(2-1-3-20)5-19(13(11)18-14(16)17-12)10-4-8(22)9(6-21)23-10/h5,8-10,20-22H,1-4,6H2,(H2,16,17,18)/t8-,9+,10+/m0/s1. The molecule has 0 aliphatic carbocycles. The molecule has 126 valence electrons. The summed E-state index contributed by atoms with van der Waals surface area (Å²) in [5.41, 5.74) is 7.09. The number of aromatic nitrogens is 3. The summed E-state index contributed by atoms with van der Waals surface area (Å²) in [6.07, 6.45) is 1.48. The maximum atomic E-state index is 9.94. The topological polar surface area (TPSA) is 127 Å². The van der Waals surface area contributed by atoms with Crippen LogP contribution in [-0.4, -0.2) is 55.3 Å². The number of aryl methyl sites for hydroxylation is 1. The summed E-state index contributed by atoms with van der Waals surface area (Å²) < 4.78 is 7.44. The van der Waals surface area contributed by atoms with Crippen LogP contribution in [0.2, 0.25) is 5.15 Å². The van der Waals surface area contributed by atoms with Gasteiger partial charge in [0.05, 0.1) is 18.1 Å². The van der Waals surface area contributed by atoms with Crippen LogP contribution in [0.5, 0.6) is 0 Å². The first-order chi connectivity index (χ1) is 11.0. The lowest BCUT2D eigenvalue weighted by Crippen LogP contribution is -2.24. The van der Waals surface area contributed by atoms with Gasteiger partial charge in [0, 0.05) is 19.2 Å². The van der Waals surface area contributed by atoms with E-state index in [0.717, 1.165) is 5.56 Å². The molecule has 0 unspecified atom stereocenters. The molecule has 1 aliphatic heterocycles. The Morgan fingerprint density at radius 2 is 2.17 bits per heavy atom. The van der Waals surface area contributed by atoms with E-state index in [1.165, 1.54) is 0 Å². The Balaban J connectivity index is 2.06. The van der Waals surface area contributed by atoms with E-state index >= 15 is 0 Å². The number of rotatable bonds is 5. The third-order valence-corrected chi connectivity index (χ3v) is 4.30. The predicted molar refractivity (Wildman–Crippen MR) is 84.0 cm³/mol. The van der Waals surface area contributed by atoms with Crippen LogP contribution in [0.15, 0.2) is 6.20 Å². The fraction of sp³-hybridized carbons (Fsp3) is 0.571. The molecule has 0 spiro atoms. The van der Waals surface area contributed by atoms with Crippen molar-refractivity contribution in [2.75, 3.05) is 18.9 Å². The largest absolute Gasteiger partial charge is 0.396 e. The van der Waals surface area contributed by atoms with E-state index in [4.69, 9.17) is 27.2 Å². The molecule has 3 heterocycles. The SMILES string of the molecule is Nc1nc(Cl)c2c(CCCO)cn([C@H]3C[C@H](O)[C@@H](CO)O3)c2n1. The van der Waals surface area contributed by atoms with Crippen LogP contribution in [0.25, 0.3) is 11.0 Å². The summed E-state index contributed by atoms with van der Waals surface area (Å²) in [6.45, 7) is -0.197. The normalized spacial score (nSPS) is 24.6. The van der Waals surface area contributed by atoms with Crippen LogP contribution in [0.1, 0.15) is 24.6 Å². The van der Waals surface area contributed by atoms with Crippen LogP contribution in [0, 0.1) is 0 Å². The molecule has 3 atom stereocenters. The van der Waals surface area contributed by atoms with Crippen molar-refractivity contribution >= 4 is 28.6 Å². The Bertz CT molecular complexity index is 708. The van der Waals surface area contributed by atoms with Crippen molar-refractivity contribution in [2.45, 2.75) is 37.7 Å². The molecule has 0 radical (unpaired) electrons. The minimum Gasteiger partial charge on any atom is -0.396 e. The number of aliphatic hydroxyl groups excluding tert-OH is 3. The van der Waals surface area contributed by atoms with E-state index in [0.29, 0.717) is 30.3 Å². The molecule has 23 heavy (non-hydrogen) atoms. The Hall–Kier alpha value is -1.45. The number of aliphatic hydroxyl groups is 3. The minimum atomic E-state index is -0.752. The monoisotopic (exact) mass is 342 g/mol. The zero-order chi connectivity index (χ0) is 16.6. The molecular weight excluding hydrogens is 324 g/mol. The van der Waals surface area contributed by atoms with Gasteiger partial charge >= 0.3 is 0 Å². The summed E-state index contributed by atoms with van der Waals surface area (Å²) in [5, 5.41) is 29.1. The summed E-state index contributed by atoms with van der Waals surface area (Å²) in [5.74, 6) is 0.0489. The van der Waals surface area contributed by atoms with Gasteiger partial charge in [-0.05, 0) is 18.4 Å². The number of hydrogen-bond acceptors (Lipinski definition) is 7. The molecule has 8 nitrogen and oxygen atoms in total. The summed E-state index contributed by atoms with van der Waals surface area (Å²) >= 11 is 6.21. The van der Waals surface area contributed by atoms with Gasteiger partial charge in [0.1, 0.15) is 23.1 Å². The van der Waals surface area contributed by atoms with Gasteiger partial charge < -0.3 is 30.4 Å². The first kappa shape index (κ1) is 16.4. The number of halogens is 1. The van der Waals surface area contributed by atoms with E-state index in [-0.39, 0.29) is 24.3 Å². The van der Waals surface area contributed by atoms with Gasteiger partial charge in [-0.15, -0.1) is 0 Å². The Morgan fingerprint density at radius 1 is 1.39 bits per heavy atom. The van der Waals surface area contributed by atoms with Crippen molar-refractivity contribution in [2.24, 2.45) is 0 Å². The van der Waals surface area contributed by atoms with Crippen molar-refractivity contribution in [1.82, 2.24) is 14.5 Å². The molecule has 0 aromatic carbocycles. The lowest BCUT2D eigenvalue weighted by Gasteiger charge is -2.14.